The Morgan fingerprint density at radius 2 is 2.19 bits per heavy atom. The second kappa shape index (κ2) is 5.20. The van der Waals surface area contributed by atoms with Crippen LogP contribution in [0.5, 0.6) is 0 Å². The molecule has 0 saturated heterocycles. The maximum Gasteiger partial charge on any atom is 0.103 e. The fraction of sp³-hybridized carbons (Fsp3) is 0.417. The molecular weight excluding hydrogens is 224 g/mol. The summed E-state index contributed by atoms with van der Waals surface area (Å²) in [7, 11) is 1.66. The zero-order valence-corrected chi connectivity index (χ0v) is 10.4. The van der Waals surface area contributed by atoms with Crippen LogP contribution in [0.4, 0.5) is 5.69 Å². The third-order valence-electron chi connectivity index (χ3n) is 2.38. The Balaban J connectivity index is 2.83. The summed E-state index contributed by atoms with van der Waals surface area (Å²) < 4.78 is 5.28. The predicted octanol–water partition coefficient (Wildman–Crippen LogP) is 3.05. The van der Waals surface area contributed by atoms with Crippen molar-refractivity contribution < 1.29 is 4.74 Å². The number of hydrogen-bond donors (Lipinski definition) is 1. The maximum absolute atomic E-state index is 8.98. The molecule has 1 aromatic rings. The second-order valence-corrected chi connectivity index (χ2v) is 4.50. The van der Waals surface area contributed by atoms with E-state index in [4.69, 9.17) is 21.6 Å². The van der Waals surface area contributed by atoms with E-state index in [2.05, 4.69) is 11.4 Å². The molecule has 1 N–H and O–H groups in total. The molecule has 3 nitrogen and oxygen atoms in total. The molecule has 0 aliphatic heterocycles. The Morgan fingerprint density at radius 1 is 1.50 bits per heavy atom. The van der Waals surface area contributed by atoms with E-state index in [1.165, 1.54) is 0 Å². The van der Waals surface area contributed by atoms with Crippen molar-refractivity contribution in [1.29, 1.82) is 5.26 Å². The molecule has 0 fully saturated rings. The summed E-state index contributed by atoms with van der Waals surface area (Å²) in [6, 6.07) is 7.42. The monoisotopic (exact) mass is 238 g/mol. The summed E-state index contributed by atoms with van der Waals surface area (Å²) in [6.45, 7) is 4.55. The minimum absolute atomic E-state index is 0.283. The van der Waals surface area contributed by atoms with Gasteiger partial charge in [-0.3, -0.25) is 0 Å². The highest BCUT2D eigenvalue weighted by molar-refractivity contribution is 6.32. The normalized spacial score (nSPS) is 10.9. The van der Waals surface area contributed by atoms with Gasteiger partial charge in [-0.05, 0) is 26.0 Å². The molecule has 0 bridgehead atoms. The second-order valence-electron chi connectivity index (χ2n) is 4.09. The molecule has 86 valence electrons. The summed E-state index contributed by atoms with van der Waals surface area (Å²) in [5.41, 5.74) is 0.922. The number of ether oxygens (including phenoxy) is 1. The van der Waals surface area contributed by atoms with E-state index in [0.717, 1.165) is 5.69 Å². The van der Waals surface area contributed by atoms with Gasteiger partial charge in [0.1, 0.15) is 6.07 Å². The molecule has 0 heterocycles. The lowest BCUT2D eigenvalue weighted by molar-refractivity contribution is 0.0344. The number of halogens is 1. The summed E-state index contributed by atoms with van der Waals surface area (Å²) >= 11 is 5.92. The van der Waals surface area contributed by atoms with E-state index >= 15 is 0 Å². The Bertz CT molecular complexity index is 410. The van der Waals surface area contributed by atoms with E-state index in [-0.39, 0.29) is 5.60 Å². The van der Waals surface area contributed by atoms with Crippen molar-refractivity contribution >= 4 is 17.3 Å². The van der Waals surface area contributed by atoms with Crippen LogP contribution in [0.1, 0.15) is 19.4 Å². The fourth-order valence-electron chi connectivity index (χ4n) is 1.17. The number of rotatable bonds is 4. The third-order valence-corrected chi connectivity index (χ3v) is 2.70. The molecule has 0 aliphatic rings. The highest BCUT2D eigenvalue weighted by Gasteiger charge is 2.16. The summed E-state index contributed by atoms with van der Waals surface area (Å²) in [6.07, 6.45) is 0. The van der Waals surface area contributed by atoms with Gasteiger partial charge in [0.25, 0.3) is 0 Å². The van der Waals surface area contributed by atoms with Gasteiger partial charge in [0, 0.05) is 13.7 Å². The van der Waals surface area contributed by atoms with Crippen molar-refractivity contribution in [2.45, 2.75) is 19.4 Å². The lowest BCUT2D eigenvalue weighted by Gasteiger charge is -2.24. The highest BCUT2D eigenvalue weighted by atomic mass is 35.5. The molecule has 0 aliphatic carbocycles. The van der Waals surface area contributed by atoms with Crippen molar-refractivity contribution in [1.82, 2.24) is 0 Å². The Morgan fingerprint density at radius 3 is 2.75 bits per heavy atom. The molecule has 0 aromatic heterocycles. The van der Waals surface area contributed by atoms with Crippen molar-refractivity contribution in [3.63, 3.8) is 0 Å². The van der Waals surface area contributed by atoms with Gasteiger partial charge in [-0.2, -0.15) is 5.26 Å². The number of nitrogens with one attached hydrogen (secondary N) is 1. The molecule has 0 atom stereocenters. The van der Waals surface area contributed by atoms with E-state index in [1.807, 2.05) is 26.0 Å². The number of benzene rings is 1. The maximum atomic E-state index is 8.98. The van der Waals surface area contributed by atoms with E-state index in [9.17, 15) is 0 Å². The first-order valence-corrected chi connectivity index (χ1v) is 5.35. The van der Waals surface area contributed by atoms with Crippen LogP contribution < -0.4 is 5.32 Å². The minimum atomic E-state index is -0.283. The van der Waals surface area contributed by atoms with Gasteiger partial charge in [0.15, 0.2) is 0 Å². The van der Waals surface area contributed by atoms with Crippen LogP contribution in [0.15, 0.2) is 18.2 Å². The van der Waals surface area contributed by atoms with E-state index in [1.54, 1.807) is 13.2 Å². The Labute approximate surface area is 101 Å². The lowest BCUT2D eigenvalue weighted by atomic mass is 10.1. The average molecular weight is 239 g/mol. The average Bonchev–Trinajstić information content (AvgIpc) is 2.26. The third kappa shape index (κ3) is 3.13. The van der Waals surface area contributed by atoms with Gasteiger partial charge in [-0.15, -0.1) is 0 Å². The van der Waals surface area contributed by atoms with Gasteiger partial charge in [0.05, 0.1) is 21.9 Å². The Kier molecular flexibility index (Phi) is 4.17. The van der Waals surface area contributed by atoms with Crippen molar-refractivity contribution in [2.75, 3.05) is 19.0 Å². The smallest absolute Gasteiger partial charge is 0.103 e. The van der Waals surface area contributed by atoms with E-state index in [0.29, 0.717) is 17.1 Å². The van der Waals surface area contributed by atoms with Crippen molar-refractivity contribution in [2.24, 2.45) is 0 Å². The number of nitrogens with zero attached hydrogens (tertiary/aromatic N) is 1. The van der Waals surface area contributed by atoms with Crippen LogP contribution in [0.25, 0.3) is 0 Å². The van der Waals surface area contributed by atoms with Gasteiger partial charge in [-0.25, -0.2) is 0 Å². The highest BCUT2D eigenvalue weighted by Crippen LogP contribution is 2.23. The number of methoxy groups -OCH3 is 1. The van der Waals surface area contributed by atoms with Gasteiger partial charge >= 0.3 is 0 Å². The zero-order chi connectivity index (χ0) is 12.2. The first kappa shape index (κ1) is 12.8. The van der Waals surface area contributed by atoms with Crippen LogP contribution in [0.3, 0.4) is 0 Å². The van der Waals surface area contributed by atoms with Crippen LogP contribution in [0.2, 0.25) is 5.02 Å². The molecule has 0 radical (unpaired) electrons. The Hall–Kier alpha value is -1.24. The minimum Gasteiger partial charge on any atom is -0.381 e. The van der Waals surface area contributed by atoms with Crippen LogP contribution in [0, 0.1) is 11.3 Å². The van der Waals surface area contributed by atoms with Crippen molar-refractivity contribution in [3.8, 4) is 6.07 Å². The molecule has 0 spiro atoms. The van der Waals surface area contributed by atoms with Crippen molar-refractivity contribution in [3.05, 3.63) is 28.8 Å². The molecular formula is C12H15ClN2O. The van der Waals surface area contributed by atoms with Crippen LogP contribution in [-0.2, 0) is 4.74 Å². The summed E-state index contributed by atoms with van der Waals surface area (Å²) in [5, 5.41) is 12.6. The SMILES string of the molecule is COC(C)(C)CNc1cccc(Cl)c1C#N. The van der Waals surface area contributed by atoms with E-state index < -0.39 is 0 Å². The predicted molar refractivity (Wildman–Crippen MR) is 65.7 cm³/mol. The largest absolute Gasteiger partial charge is 0.381 e. The van der Waals surface area contributed by atoms with Gasteiger partial charge in [-0.1, -0.05) is 17.7 Å². The van der Waals surface area contributed by atoms with Crippen LogP contribution >= 0.6 is 11.6 Å². The molecule has 4 heteroatoms. The number of nitriles is 1. The first-order chi connectivity index (χ1) is 7.50. The topological polar surface area (TPSA) is 45.0 Å². The lowest BCUT2D eigenvalue weighted by Crippen LogP contribution is -2.32. The quantitative estimate of drug-likeness (QED) is 0.877. The summed E-state index contributed by atoms with van der Waals surface area (Å²) in [4.78, 5) is 0. The zero-order valence-electron chi connectivity index (χ0n) is 9.67. The first-order valence-electron chi connectivity index (χ1n) is 4.98. The van der Waals surface area contributed by atoms with Gasteiger partial charge in [0.2, 0.25) is 0 Å². The van der Waals surface area contributed by atoms with Gasteiger partial charge < -0.3 is 10.1 Å². The standard InChI is InChI=1S/C12H15ClN2O/c1-12(2,16-3)8-15-11-6-4-5-10(13)9(11)7-14/h4-6,15H,8H2,1-3H3. The molecule has 1 rings (SSSR count). The molecule has 0 amide bonds. The van der Waals surface area contributed by atoms with Crippen LogP contribution in [-0.4, -0.2) is 19.3 Å². The molecule has 0 saturated carbocycles. The fourth-order valence-corrected chi connectivity index (χ4v) is 1.38. The molecule has 1 aromatic carbocycles. The number of hydrogen-bond acceptors (Lipinski definition) is 3. The number of anilines is 1. The molecule has 16 heavy (non-hydrogen) atoms. The molecule has 0 unspecified atom stereocenters. The summed E-state index contributed by atoms with van der Waals surface area (Å²) in [5.74, 6) is 0.